The highest BCUT2D eigenvalue weighted by atomic mass is 35.5. The molecule has 0 aliphatic carbocycles. The second kappa shape index (κ2) is 6.77. The summed E-state index contributed by atoms with van der Waals surface area (Å²) in [7, 11) is 3.58. The van der Waals surface area contributed by atoms with E-state index < -0.39 is 0 Å². The van der Waals surface area contributed by atoms with E-state index in [1.807, 2.05) is 37.5 Å². The van der Waals surface area contributed by atoms with Crippen LogP contribution < -0.4 is 10.1 Å². The molecule has 5 heteroatoms. The van der Waals surface area contributed by atoms with Crippen LogP contribution in [0.4, 0.5) is 0 Å². The average molecular weight is 294 g/mol. The first-order valence-electron chi connectivity index (χ1n) is 6.72. The summed E-state index contributed by atoms with van der Waals surface area (Å²) < 4.78 is 7.25. The lowest BCUT2D eigenvalue weighted by Gasteiger charge is -2.20. The van der Waals surface area contributed by atoms with E-state index in [1.165, 1.54) is 0 Å². The van der Waals surface area contributed by atoms with Crippen LogP contribution in [0, 0.1) is 0 Å². The van der Waals surface area contributed by atoms with E-state index in [-0.39, 0.29) is 6.04 Å². The van der Waals surface area contributed by atoms with E-state index in [4.69, 9.17) is 16.3 Å². The molecule has 2 aromatic rings. The molecule has 0 radical (unpaired) electrons. The molecule has 2 rings (SSSR count). The van der Waals surface area contributed by atoms with Crippen LogP contribution in [-0.2, 0) is 7.05 Å². The van der Waals surface area contributed by atoms with Crippen molar-refractivity contribution in [1.29, 1.82) is 0 Å². The molecule has 0 amide bonds. The van der Waals surface area contributed by atoms with Gasteiger partial charge >= 0.3 is 0 Å². The summed E-state index contributed by atoms with van der Waals surface area (Å²) in [5, 5.41) is 8.70. The Morgan fingerprint density at radius 1 is 1.40 bits per heavy atom. The Morgan fingerprint density at radius 2 is 2.20 bits per heavy atom. The molecule has 1 aromatic heterocycles. The van der Waals surface area contributed by atoms with Gasteiger partial charge in [0.1, 0.15) is 5.75 Å². The third-order valence-corrected chi connectivity index (χ3v) is 3.37. The fourth-order valence-electron chi connectivity index (χ4n) is 2.18. The van der Waals surface area contributed by atoms with Gasteiger partial charge in [-0.1, -0.05) is 18.5 Å². The van der Waals surface area contributed by atoms with Crippen molar-refractivity contribution < 1.29 is 4.74 Å². The first-order chi connectivity index (χ1) is 9.65. The smallest absolute Gasteiger partial charge is 0.124 e. The van der Waals surface area contributed by atoms with Crippen molar-refractivity contribution in [3.8, 4) is 5.75 Å². The van der Waals surface area contributed by atoms with Crippen LogP contribution in [0.1, 0.15) is 30.6 Å². The Bertz CT molecular complexity index is 568. The minimum Gasteiger partial charge on any atom is -0.496 e. The SMILES string of the molecule is CCCNC(c1ccn(C)n1)c1cc(Cl)ccc1OC. The van der Waals surface area contributed by atoms with Gasteiger partial charge in [0, 0.05) is 23.8 Å². The summed E-state index contributed by atoms with van der Waals surface area (Å²) in [6.45, 7) is 3.04. The molecule has 20 heavy (non-hydrogen) atoms. The van der Waals surface area contributed by atoms with Gasteiger partial charge in [0.2, 0.25) is 0 Å². The molecular weight excluding hydrogens is 274 g/mol. The largest absolute Gasteiger partial charge is 0.496 e. The molecule has 108 valence electrons. The Hall–Kier alpha value is -1.52. The van der Waals surface area contributed by atoms with E-state index in [9.17, 15) is 0 Å². The average Bonchev–Trinajstić information content (AvgIpc) is 2.86. The number of benzene rings is 1. The first kappa shape index (κ1) is 14.9. The highest BCUT2D eigenvalue weighted by Gasteiger charge is 2.20. The zero-order valence-electron chi connectivity index (χ0n) is 12.1. The molecule has 4 nitrogen and oxygen atoms in total. The maximum absolute atomic E-state index is 6.14. The summed E-state index contributed by atoms with van der Waals surface area (Å²) in [5.74, 6) is 0.814. The van der Waals surface area contributed by atoms with Crippen molar-refractivity contribution in [2.45, 2.75) is 19.4 Å². The van der Waals surface area contributed by atoms with Gasteiger partial charge in [-0.15, -0.1) is 0 Å². The van der Waals surface area contributed by atoms with Gasteiger partial charge in [0.05, 0.1) is 18.8 Å². The lowest BCUT2D eigenvalue weighted by Crippen LogP contribution is -2.24. The number of aromatic nitrogens is 2. The molecule has 0 saturated heterocycles. The number of halogens is 1. The Labute approximate surface area is 124 Å². The van der Waals surface area contributed by atoms with Crippen molar-refractivity contribution in [1.82, 2.24) is 15.1 Å². The van der Waals surface area contributed by atoms with Gasteiger partial charge in [-0.25, -0.2) is 0 Å². The number of ether oxygens (including phenoxy) is 1. The second-order valence-electron chi connectivity index (χ2n) is 4.69. The summed E-state index contributed by atoms with van der Waals surface area (Å²) in [5.41, 5.74) is 1.97. The number of nitrogens with zero attached hydrogens (tertiary/aromatic N) is 2. The van der Waals surface area contributed by atoms with Crippen molar-refractivity contribution in [3.63, 3.8) is 0 Å². The van der Waals surface area contributed by atoms with Gasteiger partial charge in [-0.05, 0) is 37.2 Å². The first-order valence-corrected chi connectivity index (χ1v) is 7.10. The molecule has 1 N–H and O–H groups in total. The molecule has 0 aliphatic heterocycles. The van der Waals surface area contributed by atoms with E-state index in [0.717, 1.165) is 30.0 Å². The quantitative estimate of drug-likeness (QED) is 0.889. The molecule has 0 fully saturated rings. The van der Waals surface area contributed by atoms with Crippen LogP contribution in [-0.4, -0.2) is 23.4 Å². The predicted molar refractivity (Wildman–Crippen MR) is 81.3 cm³/mol. The Kier molecular flexibility index (Phi) is 5.04. The summed E-state index contributed by atoms with van der Waals surface area (Å²) in [6, 6.07) is 7.64. The number of methoxy groups -OCH3 is 1. The standard InChI is InChI=1S/C15H20ClN3O/c1-4-8-17-15(13-7-9-19(2)18-13)12-10-11(16)5-6-14(12)20-3/h5-7,9-10,15,17H,4,8H2,1-3H3. The fourth-order valence-corrected chi connectivity index (χ4v) is 2.36. The summed E-state index contributed by atoms with van der Waals surface area (Å²) in [6.07, 6.45) is 2.99. The van der Waals surface area contributed by atoms with E-state index in [2.05, 4.69) is 17.3 Å². The number of nitrogens with one attached hydrogen (secondary N) is 1. The summed E-state index contributed by atoms with van der Waals surface area (Å²) >= 11 is 6.14. The third-order valence-electron chi connectivity index (χ3n) is 3.13. The molecular formula is C15H20ClN3O. The molecule has 1 aromatic carbocycles. The molecule has 1 heterocycles. The lowest BCUT2D eigenvalue weighted by molar-refractivity contribution is 0.403. The molecule has 0 saturated carbocycles. The van der Waals surface area contributed by atoms with Crippen LogP contribution in [0.25, 0.3) is 0 Å². The maximum atomic E-state index is 6.14. The number of hydrogen-bond donors (Lipinski definition) is 1. The molecule has 0 aliphatic rings. The monoisotopic (exact) mass is 293 g/mol. The number of rotatable bonds is 6. The Balaban J connectivity index is 2.42. The molecule has 0 bridgehead atoms. The van der Waals surface area contributed by atoms with Crippen molar-refractivity contribution in [3.05, 3.63) is 46.7 Å². The third kappa shape index (κ3) is 3.32. The zero-order chi connectivity index (χ0) is 14.5. The minimum atomic E-state index is -0.0233. The zero-order valence-corrected chi connectivity index (χ0v) is 12.8. The Morgan fingerprint density at radius 3 is 2.80 bits per heavy atom. The van der Waals surface area contributed by atoms with Crippen LogP contribution in [0.2, 0.25) is 5.02 Å². The molecule has 1 unspecified atom stereocenters. The maximum Gasteiger partial charge on any atom is 0.124 e. The van der Waals surface area contributed by atoms with E-state index >= 15 is 0 Å². The van der Waals surface area contributed by atoms with Crippen LogP contribution in [0.15, 0.2) is 30.5 Å². The number of aryl methyl sites for hydroxylation is 1. The van der Waals surface area contributed by atoms with Crippen molar-refractivity contribution in [2.24, 2.45) is 7.05 Å². The van der Waals surface area contributed by atoms with Gasteiger partial charge in [-0.3, -0.25) is 4.68 Å². The molecule has 0 spiro atoms. The number of hydrogen-bond acceptors (Lipinski definition) is 3. The molecule has 1 atom stereocenters. The summed E-state index contributed by atoms with van der Waals surface area (Å²) in [4.78, 5) is 0. The van der Waals surface area contributed by atoms with Gasteiger partial charge in [0.25, 0.3) is 0 Å². The fraction of sp³-hybridized carbons (Fsp3) is 0.400. The topological polar surface area (TPSA) is 39.1 Å². The van der Waals surface area contributed by atoms with E-state index in [0.29, 0.717) is 5.02 Å². The van der Waals surface area contributed by atoms with Crippen LogP contribution >= 0.6 is 11.6 Å². The lowest BCUT2D eigenvalue weighted by atomic mass is 10.0. The minimum absolute atomic E-state index is 0.0233. The van der Waals surface area contributed by atoms with Crippen LogP contribution in [0.5, 0.6) is 5.75 Å². The van der Waals surface area contributed by atoms with Gasteiger partial charge in [-0.2, -0.15) is 5.10 Å². The predicted octanol–water partition coefficient (Wildman–Crippen LogP) is 3.17. The van der Waals surface area contributed by atoms with Crippen LogP contribution in [0.3, 0.4) is 0 Å². The van der Waals surface area contributed by atoms with Crippen molar-refractivity contribution >= 4 is 11.6 Å². The normalized spacial score (nSPS) is 12.4. The highest BCUT2D eigenvalue weighted by Crippen LogP contribution is 2.31. The van der Waals surface area contributed by atoms with E-state index in [1.54, 1.807) is 11.8 Å². The van der Waals surface area contributed by atoms with Gasteiger partial charge in [0.15, 0.2) is 0 Å². The highest BCUT2D eigenvalue weighted by molar-refractivity contribution is 6.30. The second-order valence-corrected chi connectivity index (χ2v) is 5.12. The van der Waals surface area contributed by atoms with Gasteiger partial charge < -0.3 is 10.1 Å². The van der Waals surface area contributed by atoms with Crippen molar-refractivity contribution in [2.75, 3.05) is 13.7 Å².